The largest absolute Gasteiger partial charge is 0.465 e. The van der Waals surface area contributed by atoms with Crippen LogP contribution in [0.2, 0.25) is 0 Å². The van der Waals surface area contributed by atoms with E-state index in [0.29, 0.717) is 31.6 Å². The van der Waals surface area contributed by atoms with Gasteiger partial charge in [0.25, 0.3) is 0 Å². The molecule has 7 heteroatoms. The molecule has 1 aromatic carbocycles. The number of aliphatic hydroxyl groups excluding tert-OH is 1. The summed E-state index contributed by atoms with van der Waals surface area (Å²) in [5, 5.41) is 9.88. The van der Waals surface area contributed by atoms with Gasteiger partial charge in [0.2, 0.25) is 0 Å². The van der Waals surface area contributed by atoms with E-state index >= 15 is 0 Å². The van der Waals surface area contributed by atoms with Gasteiger partial charge in [0.15, 0.2) is 9.84 Å². The third-order valence-electron chi connectivity index (χ3n) is 4.11. The lowest BCUT2D eigenvalue weighted by Gasteiger charge is -2.33. The Kier molecular flexibility index (Phi) is 5.31. The number of benzene rings is 1. The zero-order valence-electron chi connectivity index (χ0n) is 13.7. The first-order valence-electron chi connectivity index (χ1n) is 7.66. The number of hydrogen-bond acceptors (Lipinski definition) is 6. The Morgan fingerprint density at radius 3 is 2.65 bits per heavy atom. The Bertz CT molecular complexity index is 699. The SMILES string of the molecule is CCc1cc(N2CCCC(O)C2)c(S(C)(=O)=O)cc1C(=O)OC. The van der Waals surface area contributed by atoms with E-state index in [2.05, 4.69) is 0 Å². The summed E-state index contributed by atoms with van der Waals surface area (Å²) in [5.74, 6) is -0.544. The molecule has 1 saturated heterocycles. The van der Waals surface area contributed by atoms with Crippen LogP contribution in [0.1, 0.15) is 35.7 Å². The molecule has 0 aliphatic carbocycles. The van der Waals surface area contributed by atoms with Crippen LogP contribution in [0.5, 0.6) is 0 Å². The smallest absolute Gasteiger partial charge is 0.338 e. The fourth-order valence-corrected chi connectivity index (χ4v) is 3.82. The standard InChI is InChI=1S/C16H23NO5S/c1-4-11-8-14(17-7-5-6-12(18)10-17)15(23(3,20)21)9-13(11)16(19)22-2/h8-9,12,18H,4-7,10H2,1-3H3. The quantitative estimate of drug-likeness (QED) is 0.834. The van der Waals surface area contributed by atoms with Crippen LogP contribution in [-0.2, 0) is 21.0 Å². The third kappa shape index (κ3) is 3.84. The number of piperidine rings is 1. The summed E-state index contributed by atoms with van der Waals surface area (Å²) in [6.45, 7) is 2.97. The molecule has 1 aliphatic rings. The molecule has 0 aromatic heterocycles. The van der Waals surface area contributed by atoms with Gasteiger partial charge in [-0.05, 0) is 37.0 Å². The van der Waals surface area contributed by atoms with Crippen molar-refractivity contribution in [1.82, 2.24) is 0 Å². The number of carbonyl (C=O) groups excluding carboxylic acids is 1. The topological polar surface area (TPSA) is 83.9 Å². The maximum absolute atomic E-state index is 12.2. The number of nitrogens with zero attached hydrogens (tertiary/aromatic N) is 1. The van der Waals surface area contributed by atoms with Crippen molar-refractivity contribution >= 4 is 21.5 Å². The minimum absolute atomic E-state index is 0.101. The van der Waals surface area contributed by atoms with E-state index in [0.717, 1.165) is 18.2 Å². The zero-order valence-corrected chi connectivity index (χ0v) is 14.5. The van der Waals surface area contributed by atoms with Gasteiger partial charge >= 0.3 is 5.97 Å². The van der Waals surface area contributed by atoms with Crippen molar-refractivity contribution in [2.45, 2.75) is 37.2 Å². The van der Waals surface area contributed by atoms with Gasteiger partial charge in [-0.25, -0.2) is 13.2 Å². The number of carbonyl (C=O) groups is 1. The highest BCUT2D eigenvalue weighted by atomic mass is 32.2. The van der Waals surface area contributed by atoms with Crippen molar-refractivity contribution < 1.29 is 23.1 Å². The Hall–Kier alpha value is -1.60. The van der Waals surface area contributed by atoms with E-state index < -0.39 is 21.9 Å². The van der Waals surface area contributed by atoms with Gasteiger partial charge in [-0.1, -0.05) is 6.92 Å². The third-order valence-corrected chi connectivity index (χ3v) is 5.23. The number of esters is 1. The minimum Gasteiger partial charge on any atom is -0.465 e. The second-order valence-corrected chi connectivity index (χ2v) is 7.82. The van der Waals surface area contributed by atoms with Crippen LogP contribution < -0.4 is 4.90 Å². The molecule has 1 N–H and O–H groups in total. The van der Waals surface area contributed by atoms with E-state index in [1.165, 1.54) is 13.2 Å². The van der Waals surface area contributed by atoms with Crippen LogP contribution in [0.25, 0.3) is 0 Å². The molecule has 0 radical (unpaired) electrons. The van der Waals surface area contributed by atoms with Crippen LogP contribution in [0.15, 0.2) is 17.0 Å². The lowest BCUT2D eigenvalue weighted by Crippen LogP contribution is -2.39. The van der Waals surface area contributed by atoms with Crippen LogP contribution in [-0.4, -0.2) is 52.1 Å². The Morgan fingerprint density at radius 2 is 2.13 bits per heavy atom. The summed E-state index contributed by atoms with van der Waals surface area (Å²) in [6.07, 6.45) is 2.74. The first kappa shape index (κ1) is 17.7. The molecule has 0 amide bonds. The Labute approximate surface area is 137 Å². The number of methoxy groups -OCH3 is 1. The molecule has 0 bridgehead atoms. The zero-order chi connectivity index (χ0) is 17.2. The van der Waals surface area contributed by atoms with Crippen molar-refractivity contribution in [3.63, 3.8) is 0 Å². The highest BCUT2D eigenvalue weighted by Crippen LogP contribution is 2.32. The van der Waals surface area contributed by atoms with Gasteiger partial charge in [0.05, 0.1) is 29.4 Å². The molecule has 1 heterocycles. The summed E-state index contributed by atoms with van der Waals surface area (Å²) < 4.78 is 29.2. The molecular formula is C16H23NO5S. The molecule has 1 atom stereocenters. The van der Waals surface area contributed by atoms with Crippen LogP contribution >= 0.6 is 0 Å². The van der Waals surface area contributed by atoms with Gasteiger partial charge in [0, 0.05) is 19.3 Å². The molecule has 2 rings (SSSR count). The maximum Gasteiger partial charge on any atom is 0.338 e. The summed E-state index contributed by atoms with van der Waals surface area (Å²) in [5.41, 5.74) is 1.56. The van der Waals surface area contributed by atoms with Gasteiger partial charge in [0.1, 0.15) is 0 Å². The highest BCUT2D eigenvalue weighted by molar-refractivity contribution is 7.90. The van der Waals surface area contributed by atoms with E-state index in [-0.39, 0.29) is 10.5 Å². The highest BCUT2D eigenvalue weighted by Gasteiger charge is 2.26. The van der Waals surface area contributed by atoms with Crippen LogP contribution in [0, 0.1) is 0 Å². The van der Waals surface area contributed by atoms with Crippen molar-refractivity contribution in [1.29, 1.82) is 0 Å². The minimum atomic E-state index is -3.52. The Morgan fingerprint density at radius 1 is 1.43 bits per heavy atom. The van der Waals surface area contributed by atoms with E-state index in [4.69, 9.17) is 4.74 Å². The summed E-state index contributed by atoms with van der Waals surface area (Å²) >= 11 is 0. The van der Waals surface area contributed by atoms with E-state index in [1.54, 1.807) is 6.07 Å². The number of anilines is 1. The normalized spacial score (nSPS) is 18.8. The molecule has 1 aliphatic heterocycles. The second kappa shape index (κ2) is 6.88. The van der Waals surface area contributed by atoms with Gasteiger partial charge in [-0.2, -0.15) is 0 Å². The molecule has 6 nitrogen and oxygen atoms in total. The molecule has 1 fully saturated rings. The summed E-state index contributed by atoms with van der Waals surface area (Å²) in [7, 11) is -2.25. The van der Waals surface area contributed by atoms with Gasteiger partial charge < -0.3 is 14.7 Å². The summed E-state index contributed by atoms with van der Waals surface area (Å²) in [6, 6.07) is 3.14. The molecule has 1 aromatic rings. The number of hydrogen-bond donors (Lipinski definition) is 1. The Balaban J connectivity index is 2.62. The van der Waals surface area contributed by atoms with Crippen molar-refractivity contribution in [3.8, 4) is 0 Å². The first-order valence-corrected chi connectivity index (χ1v) is 9.55. The first-order chi connectivity index (χ1) is 10.8. The van der Waals surface area contributed by atoms with E-state index in [1.807, 2.05) is 11.8 Å². The maximum atomic E-state index is 12.2. The summed E-state index contributed by atoms with van der Waals surface area (Å²) in [4.78, 5) is 13.9. The lowest BCUT2D eigenvalue weighted by molar-refractivity contribution is 0.0599. The molecule has 128 valence electrons. The predicted octanol–water partition coefficient (Wildman–Crippen LogP) is 1.40. The predicted molar refractivity (Wildman–Crippen MR) is 87.7 cm³/mol. The fourth-order valence-electron chi connectivity index (χ4n) is 2.92. The lowest BCUT2D eigenvalue weighted by atomic mass is 10.0. The average molecular weight is 341 g/mol. The van der Waals surface area contributed by atoms with Crippen LogP contribution in [0.4, 0.5) is 5.69 Å². The second-order valence-electron chi connectivity index (χ2n) is 5.84. The molecule has 0 saturated carbocycles. The van der Waals surface area contributed by atoms with Crippen molar-refractivity contribution in [3.05, 3.63) is 23.3 Å². The molecular weight excluding hydrogens is 318 g/mol. The monoisotopic (exact) mass is 341 g/mol. The van der Waals surface area contributed by atoms with Gasteiger partial charge in [-0.15, -0.1) is 0 Å². The number of aliphatic hydroxyl groups is 1. The van der Waals surface area contributed by atoms with E-state index in [9.17, 15) is 18.3 Å². The average Bonchev–Trinajstić information content (AvgIpc) is 2.51. The van der Waals surface area contributed by atoms with Crippen molar-refractivity contribution in [2.24, 2.45) is 0 Å². The molecule has 0 spiro atoms. The number of β-amino-alcohol motifs (C(OH)–C–C–N with tert-alkyl or cyclic N) is 1. The number of rotatable bonds is 4. The molecule has 1 unspecified atom stereocenters. The van der Waals surface area contributed by atoms with Gasteiger partial charge in [-0.3, -0.25) is 0 Å². The number of ether oxygens (including phenoxy) is 1. The van der Waals surface area contributed by atoms with Crippen molar-refractivity contribution in [2.75, 3.05) is 31.4 Å². The number of sulfone groups is 1. The fraction of sp³-hybridized carbons (Fsp3) is 0.562. The molecule has 23 heavy (non-hydrogen) atoms. The van der Waals surface area contributed by atoms with Crippen LogP contribution in [0.3, 0.4) is 0 Å². The number of aryl methyl sites for hydroxylation is 1.